The molecule has 0 aliphatic rings. The van der Waals surface area contributed by atoms with E-state index in [1.165, 1.54) is 11.8 Å². The van der Waals surface area contributed by atoms with E-state index in [1.54, 1.807) is 18.2 Å². The van der Waals surface area contributed by atoms with Crippen molar-refractivity contribution in [2.45, 2.75) is 18.8 Å². The molecule has 0 spiro atoms. The Balaban J connectivity index is 2.57. The van der Waals surface area contributed by atoms with E-state index >= 15 is 0 Å². The number of aliphatic hydroxyl groups excluding tert-OH is 2. The minimum atomic E-state index is -0.928. The zero-order chi connectivity index (χ0) is 12.8. The third-order valence-electron chi connectivity index (χ3n) is 2.37. The summed E-state index contributed by atoms with van der Waals surface area (Å²) >= 11 is 1.51. The van der Waals surface area contributed by atoms with E-state index in [0.717, 1.165) is 11.1 Å². The summed E-state index contributed by atoms with van der Waals surface area (Å²) in [5.41, 5.74) is 2.26. The highest BCUT2D eigenvalue weighted by Gasteiger charge is 2.07. The van der Waals surface area contributed by atoms with Gasteiger partial charge >= 0.3 is 5.97 Å². The second kappa shape index (κ2) is 6.64. The fraction of sp³-hybridized carbons (Fsp3) is 0.417. The maximum absolute atomic E-state index is 10.7. The number of thioether (sulfide) groups is 1. The molecule has 0 saturated heterocycles. The molecule has 0 radical (unpaired) electrons. The molecule has 1 aromatic rings. The number of carboxylic acid groups (broad SMARTS) is 1. The van der Waals surface area contributed by atoms with Crippen LogP contribution in [-0.4, -0.2) is 39.8 Å². The highest BCUT2D eigenvalue weighted by atomic mass is 32.2. The van der Waals surface area contributed by atoms with E-state index in [2.05, 4.69) is 0 Å². The summed E-state index contributed by atoms with van der Waals surface area (Å²) in [6.07, 6.45) is -0.696. The molecule has 0 aliphatic carbocycles. The van der Waals surface area contributed by atoms with E-state index in [9.17, 15) is 9.90 Å². The fourth-order valence-electron chi connectivity index (χ4n) is 1.35. The molecular formula is C12H16O4S. The molecule has 0 heterocycles. The van der Waals surface area contributed by atoms with Crippen LogP contribution in [0.15, 0.2) is 18.2 Å². The number of benzene rings is 1. The van der Waals surface area contributed by atoms with Crippen LogP contribution < -0.4 is 0 Å². The number of rotatable bonds is 6. The van der Waals surface area contributed by atoms with Gasteiger partial charge in [-0.1, -0.05) is 6.07 Å². The summed E-state index contributed by atoms with van der Waals surface area (Å²) in [6, 6.07) is 5.01. The van der Waals surface area contributed by atoms with E-state index in [-0.39, 0.29) is 12.2 Å². The normalized spacial score (nSPS) is 12.4. The minimum Gasteiger partial charge on any atom is -0.478 e. The van der Waals surface area contributed by atoms with E-state index in [4.69, 9.17) is 10.2 Å². The maximum Gasteiger partial charge on any atom is 0.335 e. The van der Waals surface area contributed by atoms with Gasteiger partial charge in [0.25, 0.3) is 0 Å². The highest BCUT2D eigenvalue weighted by Crippen LogP contribution is 2.18. The number of carboxylic acids is 1. The van der Waals surface area contributed by atoms with Gasteiger partial charge in [-0.3, -0.25) is 0 Å². The van der Waals surface area contributed by atoms with Gasteiger partial charge in [-0.25, -0.2) is 4.79 Å². The molecule has 1 unspecified atom stereocenters. The van der Waals surface area contributed by atoms with Gasteiger partial charge in [0.05, 0.1) is 18.3 Å². The van der Waals surface area contributed by atoms with Crippen molar-refractivity contribution in [2.75, 3.05) is 12.4 Å². The van der Waals surface area contributed by atoms with E-state index in [1.807, 2.05) is 6.92 Å². The van der Waals surface area contributed by atoms with Gasteiger partial charge < -0.3 is 15.3 Å². The number of hydrogen-bond acceptors (Lipinski definition) is 4. The van der Waals surface area contributed by atoms with Crippen LogP contribution in [0.3, 0.4) is 0 Å². The molecule has 3 N–H and O–H groups in total. The smallest absolute Gasteiger partial charge is 0.335 e. The van der Waals surface area contributed by atoms with Crippen LogP contribution >= 0.6 is 11.8 Å². The lowest BCUT2D eigenvalue weighted by Gasteiger charge is -2.09. The van der Waals surface area contributed by atoms with Gasteiger partial charge in [0.1, 0.15) is 0 Å². The Morgan fingerprint density at radius 1 is 1.47 bits per heavy atom. The molecule has 94 valence electrons. The van der Waals surface area contributed by atoms with Crippen LogP contribution in [0.2, 0.25) is 0 Å². The quantitative estimate of drug-likeness (QED) is 0.714. The second-order valence-electron chi connectivity index (χ2n) is 3.80. The van der Waals surface area contributed by atoms with Crippen LogP contribution in [0.5, 0.6) is 0 Å². The van der Waals surface area contributed by atoms with Crippen LogP contribution in [0, 0.1) is 6.92 Å². The summed E-state index contributed by atoms with van der Waals surface area (Å²) in [7, 11) is 0. The largest absolute Gasteiger partial charge is 0.478 e. The summed E-state index contributed by atoms with van der Waals surface area (Å²) in [4.78, 5) is 10.7. The summed E-state index contributed by atoms with van der Waals surface area (Å²) in [6.45, 7) is 1.63. The Labute approximate surface area is 104 Å². The Morgan fingerprint density at radius 2 is 2.18 bits per heavy atom. The van der Waals surface area contributed by atoms with Crippen LogP contribution in [0.4, 0.5) is 0 Å². The first kappa shape index (κ1) is 14.0. The average molecular weight is 256 g/mol. The first-order chi connectivity index (χ1) is 8.04. The Bertz CT molecular complexity index is 392. The number of hydrogen-bond donors (Lipinski definition) is 3. The number of aryl methyl sites for hydroxylation is 1. The maximum atomic E-state index is 10.7. The molecular weight excluding hydrogens is 240 g/mol. The standard InChI is InChI=1S/C12H16O4S/c1-8-4-9(12(15)16)2-3-10(8)6-17-7-11(14)5-13/h2-4,11,13-14H,5-7H2,1H3,(H,15,16). The van der Waals surface area contributed by atoms with Crippen LogP contribution in [0.25, 0.3) is 0 Å². The second-order valence-corrected chi connectivity index (χ2v) is 4.83. The van der Waals surface area contributed by atoms with Crippen molar-refractivity contribution in [2.24, 2.45) is 0 Å². The zero-order valence-corrected chi connectivity index (χ0v) is 10.4. The zero-order valence-electron chi connectivity index (χ0n) is 9.59. The predicted octanol–water partition coefficient (Wildman–Crippen LogP) is 1.28. The molecule has 1 rings (SSSR count). The third kappa shape index (κ3) is 4.38. The van der Waals surface area contributed by atoms with Gasteiger partial charge in [0, 0.05) is 11.5 Å². The van der Waals surface area contributed by atoms with Crippen molar-refractivity contribution >= 4 is 17.7 Å². The lowest BCUT2D eigenvalue weighted by atomic mass is 10.1. The van der Waals surface area contributed by atoms with Crippen molar-refractivity contribution < 1.29 is 20.1 Å². The summed E-state index contributed by atoms with van der Waals surface area (Å²) in [5, 5.41) is 26.6. The van der Waals surface area contributed by atoms with Crippen molar-refractivity contribution in [1.82, 2.24) is 0 Å². The van der Waals surface area contributed by atoms with Gasteiger partial charge in [0.2, 0.25) is 0 Å². The van der Waals surface area contributed by atoms with Crippen molar-refractivity contribution in [3.8, 4) is 0 Å². The predicted molar refractivity (Wildman–Crippen MR) is 67.4 cm³/mol. The molecule has 0 aliphatic heterocycles. The molecule has 0 saturated carbocycles. The van der Waals surface area contributed by atoms with Crippen molar-refractivity contribution in [3.05, 3.63) is 34.9 Å². The Morgan fingerprint density at radius 3 is 2.71 bits per heavy atom. The van der Waals surface area contributed by atoms with Crippen LogP contribution in [-0.2, 0) is 5.75 Å². The van der Waals surface area contributed by atoms with E-state index < -0.39 is 12.1 Å². The van der Waals surface area contributed by atoms with Gasteiger partial charge in [0.15, 0.2) is 0 Å². The molecule has 0 aromatic heterocycles. The van der Waals surface area contributed by atoms with Crippen molar-refractivity contribution in [1.29, 1.82) is 0 Å². The Hall–Kier alpha value is -1.04. The van der Waals surface area contributed by atoms with Crippen molar-refractivity contribution in [3.63, 3.8) is 0 Å². The number of aromatic carboxylic acids is 1. The molecule has 0 bridgehead atoms. The first-order valence-corrected chi connectivity index (χ1v) is 6.39. The number of carbonyl (C=O) groups is 1. The first-order valence-electron chi connectivity index (χ1n) is 5.24. The lowest BCUT2D eigenvalue weighted by molar-refractivity contribution is 0.0697. The molecule has 0 amide bonds. The molecule has 5 heteroatoms. The van der Waals surface area contributed by atoms with Crippen LogP contribution in [0.1, 0.15) is 21.5 Å². The average Bonchev–Trinajstić information content (AvgIpc) is 2.30. The molecule has 17 heavy (non-hydrogen) atoms. The summed E-state index contributed by atoms with van der Waals surface area (Å²) in [5.74, 6) is 0.238. The topological polar surface area (TPSA) is 77.8 Å². The highest BCUT2D eigenvalue weighted by molar-refractivity contribution is 7.98. The molecule has 1 aromatic carbocycles. The summed E-state index contributed by atoms with van der Waals surface area (Å²) < 4.78 is 0. The SMILES string of the molecule is Cc1cc(C(=O)O)ccc1CSCC(O)CO. The Kier molecular flexibility index (Phi) is 5.47. The minimum absolute atomic E-state index is 0.232. The molecule has 0 fully saturated rings. The monoisotopic (exact) mass is 256 g/mol. The van der Waals surface area contributed by atoms with E-state index in [0.29, 0.717) is 11.5 Å². The fourth-order valence-corrected chi connectivity index (χ4v) is 2.39. The molecule has 4 nitrogen and oxygen atoms in total. The van der Waals surface area contributed by atoms with Gasteiger partial charge in [-0.15, -0.1) is 0 Å². The number of aliphatic hydroxyl groups is 2. The van der Waals surface area contributed by atoms with Gasteiger partial charge in [-0.2, -0.15) is 11.8 Å². The van der Waals surface area contributed by atoms with Gasteiger partial charge in [-0.05, 0) is 30.2 Å². The lowest BCUT2D eigenvalue weighted by Crippen LogP contribution is -2.14. The third-order valence-corrected chi connectivity index (χ3v) is 3.50. The molecule has 1 atom stereocenters.